The van der Waals surface area contributed by atoms with Crippen LogP contribution in [0.3, 0.4) is 0 Å². The lowest BCUT2D eigenvalue weighted by molar-refractivity contribution is -0.118. The summed E-state index contributed by atoms with van der Waals surface area (Å²) >= 11 is 0. The van der Waals surface area contributed by atoms with Gasteiger partial charge in [-0.2, -0.15) is 0 Å². The molecule has 0 aliphatic heterocycles. The molecule has 82 valence electrons. The number of primary amides is 1. The molecule has 0 aliphatic carbocycles. The van der Waals surface area contributed by atoms with Gasteiger partial charge >= 0.3 is 0 Å². The first-order valence-electron chi connectivity index (χ1n) is 5.26. The third-order valence-corrected chi connectivity index (χ3v) is 2.40. The van der Waals surface area contributed by atoms with E-state index < -0.39 is 0 Å². The molecule has 0 aromatic heterocycles. The van der Waals surface area contributed by atoms with E-state index in [0.29, 0.717) is 0 Å². The molecule has 1 rings (SSSR count). The highest BCUT2D eigenvalue weighted by molar-refractivity contribution is 5.83. The average Bonchev–Trinajstić information content (AvgIpc) is 2.20. The molecule has 0 bridgehead atoms. The molecule has 15 heavy (non-hydrogen) atoms. The first-order valence-corrected chi connectivity index (χ1v) is 5.26. The summed E-state index contributed by atoms with van der Waals surface area (Å²) in [5.41, 5.74) is 7.43. The summed E-state index contributed by atoms with van der Waals surface area (Å²) in [5, 5.41) is 3.17. The monoisotopic (exact) mass is 206 g/mol. The van der Waals surface area contributed by atoms with Crippen molar-refractivity contribution < 1.29 is 4.79 Å². The number of nitrogens with one attached hydrogen (secondary N) is 1. The van der Waals surface area contributed by atoms with Gasteiger partial charge in [0.15, 0.2) is 0 Å². The molecule has 1 aromatic carbocycles. The molecule has 0 saturated carbocycles. The number of nitrogens with two attached hydrogens (primary N) is 1. The minimum Gasteiger partial charge on any atom is -0.373 e. The van der Waals surface area contributed by atoms with Gasteiger partial charge in [0, 0.05) is 5.69 Å². The summed E-state index contributed by atoms with van der Waals surface area (Å²) in [6.07, 6.45) is 1.70. The van der Waals surface area contributed by atoms with Gasteiger partial charge in [-0.15, -0.1) is 0 Å². The number of para-hydroxylation sites is 1. The molecular weight excluding hydrogens is 188 g/mol. The molecule has 3 nitrogen and oxygen atoms in total. The van der Waals surface area contributed by atoms with Crippen LogP contribution in [0.5, 0.6) is 0 Å². The number of carbonyl (C=O) groups excluding carboxylic acids is 1. The molecular formula is C12H18N2O. The predicted octanol–water partition coefficient (Wildman–Crippen LogP) is 2.06. The van der Waals surface area contributed by atoms with Gasteiger partial charge in [0.05, 0.1) is 0 Å². The van der Waals surface area contributed by atoms with Crippen molar-refractivity contribution in [2.24, 2.45) is 5.73 Å². The summed E-state index contributed by atoms with van der Waals surface area (Å²) < 4.78 is 0. The van der Waals surface area contributed by atoms with Crippen molar-refractivity contribution >= 4 is 11.6 Å². The van der Waals surface area contributed by atoms with Gasteiger partial charge in [0.1, 0.15) is 6.04 Å². The van der Waals surface area contributed by atoms with E-state index in [1.807, 2.05) is 38.1 Å². The van der Waals surface area contributed by atoms with Crippen molar-refractivity contribution in [1.82, 2.24) is 0 Å². The SMILES string of the molecule is CCCC(Nc1ccccc1C)C(N)=O. The maximum atomic E-state index is 11.2. The van der Waals surface area contributed by atoms with Gasteiger partial charge < -0.3 is 11.1 Å². The maximum Gasteiger partial charge on any atom is 0.239 e. The largest absolute Gasteiger partial charge is 0.373 e. The van der Waals surface area contributed by atoms with E-state index in [9.17, 15) is 4.79 Å². The molecule has 0 fully saturated rings. The van der Waals surface area contributed by atoms with Gasteiger partial charge in [0.2, 0.25) is 5.91 Å². The molecule has 0 saturated heterocycles. The standard InChI is InChI=1S/C12H18N2O/c1-3-6-11(12(13)15)14-10-8-5-4-7-9(10)2/h4-5,7-8,11,14H,3,6H2,1-2H3,(H2,13,15). The third kappa shape index (κ3) is 3.27. The zero-order chi connectivity index (χ0) is 11.3. The molecule has 3 heteroatoms. The second kappa shape index (κ2) is 5.39. The van der Waals surface area contributed by atoms with Crippen molar-refractivity contribution in [3.8, 4) is 0 Å². The van der Waals surface area contributed by atoms with Crippen molar-refractivity contribution in [3.05, 3.63) is 29.8 Å². The van der Waals surface area contributed by atoms with E-state index in [2.05, 4.69) is 5.32 Å². The molecule has 0 aliphatic rings. The fourth-order valence-corrected chi connectivity index (χ4v) is 1.50. The highest BCUT2D eigenvalue weighted by Gasteiger charge is 2.13. The summed E-state index contributed by atoms with van der Waals surface area (Å²) in [6.45, 7) is 4.04. The van der Waals surface area contributed by atoms with E-state index >= 15 is 0 Å². The van der Waals surface area contributed by atoms with Crippen molar-refractivity contribution in [2.45, 2.75) is 32.7 Å². The minimum atomic E-state index is -0.292. The number of rotatable bonds is 5. The van der Waals surface area contributed by atoms with Crippen molar-refractivity contribution in [3.63, 3.8) is 0 Å². The molecule has 1 amide bonds. The zero-order valence-electron chi connectivity index (χ0n) is 9.29. The first kappa shape index (κ1) is 11.6. The van der Waals surface area contributed by atoms with Crippen molar-refractivity contribution in [2.75, 3.05) is 5.32 Å². The Labute approximate surface area is 90.7 Å². The topological polar surface area (TPSA) is 55.1 Å². The van der Waals surface area contributed by atoms with E-state index in [1.165, 1.54) is 0 Å². The second-order valence-electron chi connectivity index (χ2n) is 3.70. The number of hydrogen-bond acceptors (Lipinski definition) is 2. The van der Waals surface area contributed by atoms with Crippen LogP contribution >= 0.6 is 0 Å². The third-order valence-electron chi connectivity index (χ3n) is 2.40. The van der Waals surface area contributed by atoms with Gasteiger partial charge in [0.25, 0.3) is 0 Å². The van der Waals surface area contributed by atoms with E-state index in [1.54, 1.807) is 0 Å². The Morgan fingerprint density at radius 3 is 2.67 bits per heavy atom. The van der Waals surface area contributed by atoms with Crippen LogP contribution in [0, 0.1) is 6.92 Å². The van der Waals surface area contributed by atoms with E-state index in [4.69, 9.17) is 5.73 Å². The molecule has 1 atom stereocenters. The fourth-order valence-electron chi connectivity index (χ4n) is 1.50. The Kier molecular flexibility index (Phi) is 4.16. The van der Waals surface area contributed by atoms with Crippen LogP contribution in [-0.2, 0) is 4.79 Å². The lowest BCUT2D eigenvalue weighted by Gasteiger charge is -2.17. The number of amides is 1. The van der Waals surface area contributed by atoms with Gasteiger partial charge in [-0.05, 0) is 25.0 Å². The zero-order valence-corrected chi connectivity index (χ0v) is 9.29. The Morgan fingerprint density at radius 1 is 1.47 bits per heavy atom. The number of hydrogen-bond donors (Lipinski definition) is 2. The maximum absolute atomic E-state index is 11.2. The quantitative estimate of drug-likeness (QED) is 0.774. The normalized spacial score (nSPS) is 12.1. The van der Waals surface area contributed by atoms with Crippen LogP contribution in [0.4, 0.5) is 5.69 Å². The van der Waals surface area contributed by atoms with Gasteiger partial charge in [-0.25, -0.2) is 0 Å². The minimum absolute atomic E-state index is 0.268. The Bertz CT molecular complexity index is 336. The lowest BCUT2D eigenvalue weighted by Crippen LogP contribution is -2.35. The average molecular weight is 206 g/mol. The number of benzene rings is 1. The number of aryl methyl sites for hydroxylation is 1. The van der Waals surface area contributed by atoms with E-state index in [-0.39, 0.29) is 11.9 Å². The fraction of sp³-hybridized carbons (Fsp3) is 0.417. The molecule has 3 N–H and O–H groups in total. The summed E-state index contributed by atoms with van der Waals surface area (Å²) in [6, 6.07) is 7.61. The van der Waals surface area contributed by atoms with Crippen LogP contribution < -0.4 is 11.1 Å². The predicted molar refractivity (Wildman–Crippen MR) is 62.7 cm³/mol. The molecule has 0 radical (unpaired) electrons. The summed E-state index contributed by atoms with van der Waals surface area (Å²) in [4.78, 5) is 11.2. The summed E-state index contributed by atoms with van der Waals surface area (Å²) in [7, 11) is 0. The second-order valence-corrected chi connectivity index (χ2v) is 3.70. The van der Waals surface area contributed by atoms with Crippen LogP contribution in [0.25, 0.3) is 0 Å². The molecule has 1 aromatic rings. The molecule has 0 spiro atoms. The van der Waals surface area contributed by atoms with Crippen molar-refractivity contribution in [1.29, 1.82) is 0 Å². The van der Waals surface area contributed by atoms with Gasteiger partial charge in [-0.3, -0.25) is 4.79 Å². The smallest absolute Gasteiger partial charge is 0.239 e. The van der Waals surface area contributed by atoms with E-state index in [0.717, 1.165) is 24.1 Å². The Hall–Kier alpha value is -1.51. The highest BCUT2D eigenvalue weighted by atomic mass is 16.1. The number of anilines is 1. The van der Waals surface area contributed by atoms with Gasteiger partial charge in [-0.1, -0.05) is 31.5 Å². The Morgan fingerprint density at radius 2 is 2.13 bits per heavy atom. The van der Waals surface area contributed by atoms with Crippen LogP contribution in [0.2, 0.25) is 0 Å². The lowest BCUT2D eigenvalue weighted by atomic mass is 10.1. The first-order chi connectivity index (χ1) is 7.15. The molecule has 1 unspecified atom stereocenters. The van der Waals surface area contributed by atoms with Crippen LogP contribution in [-0.4, -0.2) is 11.9 Å². The summed E-state index contributed by atoms with van der Waals surface area (Å²) in [5.74, 6) is -0.292. The number of carbonyl (C=O) groups is 1. The van der Waals surface area contributed by atoms with Crippen LogP contribution in [0.1, 0.15) is 25.3 Å². The Balaban J connectivity index is 2.74. The highest BCUT2D eigenvalue weighted by Crippen LogP contribution is 2.15. The molecule has 0 heterocycles. The van der Waals surface area contributed by atoms with Crippen LogP contribution in [0.15, 0.2) is 24.3 Å².